The van der Waals surface area contributed by atoms with Gasteiger partial charge in [-0.1, -0.05) is 13.3 Å². The fourth-order valence-electron chi connectivity index (χ4n) is 0.553. The van der Waals surface area contributed by atoms with Crippen molar-refractivity contribution in [3.05, 3.63) is 0 Å². The summed E-state index contributed by atoms with van der Waals surface area (Å²) in [5, 5.41) is 8.19. The van der Waals surface area contributed by atoms with Crippen LogP contribution in [0.15, 0.2) is 0 Å². The molecule has 0 aromatic heterocycles. The molecule has 0 rings (SSSR count). The van der Waals surface area contributed by atoms with E-state index in [1.807, 2.05) is 0 Å². The summed E-state index contributed by atoms with van der Waals surface area (Å²) in [5.41, 5.74) is 0. The highest BCUT2D eigenvalue weighted by atomic mass is 19.4. The van der Waals surface area contributed by atoms with Gasteiger partial charge in [-0.15, -0.1) is 0 Å². The van der Waals surface area contributed by atoms with Crippen molar-refractivity contribution in [2.24, 2.45) is 0 Å². The molecule has 1 unspecified atom stereocenters. The highest BCUT2D eigenvalue weighted by molar-refractivity contribution is 4.73. The minimum Gasteiger partial charge on any atom is -0.355 e. The third kappa shape index (κ3) is 3.05. The van der Waals surface area contributed by atoms with Gasteiger partial charge in [-0.05, 0) is 6.42 Å². The van der Waals surface area contributed by atoms with E-state index in [0.29, 0.717) is 6.42 Å². The topological polar surface area (TPSA) is 20.2 Å². The Kier molecular flexibility index (Phi) is 3.29. The molecular formula is C6H10F4O. The van der Waals surface area contributed by atoms with Gasteiger partial charge in [0.2, 0.25) is 0 Å². The molecule has 0 heterocycles. The number of alkyl halides is 4. The summed E-state index contributed by atoms with van der Waals surface area (Å²) in [6.07, 6.45) is -5.61. The third-order valence-electron chi connectivity index (χ3n) is 1.30. The standard InChI is InChI=1S/C6H10F4O/c1-2-3-4-5(7,11)6(8,9)10/h11H,2-4H2,1H3. The normalized spacial score (nSPS) is 18.0. The van der Waals surface area contributed by atoms with Crippen molar-refractivity contribution >= 4 is 0 Å². The molecule has 68 valence electrons. The fraction of sp³-hybridized carbons (Fsp3) is 1.00. The van der Waals surface area contributed by atoms with Crippen LogP contribution in [0, 0.1) is 0 Å². The Morgan fingerprint density at radius 3 is 1.91 bits per heavy atom. The van der Waals surface area contributed by atoms with E-state index in [1.165, 1.54) is 0 Å². The van der Waals surface area contributed by atoms with Crippen LogP contribution in [0.4, 0.5) is 17.6 Å². The van der Waals surface area contributed by atoms with Crippen LogP contribution in [0.2, 0.25) is 0 Å². The fourth-order valence-corrected chi connectivity index (χ4v) is 0.553. The molecule has 1 N–H and O–H groups in total. The lowest BCUT2D eigenvalue weighted by atomic mass is 10.1. The van der Waals surface area contributed by atoms with Crippen molar-refractivity contribution in [1.29, 1.82) is 0 Å². The van der Waals surface area contributed by atoms with E-state index in [-0.39, 0.29) is 6.42 Å². The van der Waals surface area contributed by atoms with Crippen LogP contribution >= 0.6 is 0 Å². The van der Waals surface area contributed by atoms with Crippen molar-refractivity contribution in [2.45, 2.75) is 38.2 Å². The predicted molar refractivity (Wildman–Crippen MR) is 31.6 cm³/mol. The van der Waals surface area contributed by atoms with Gasteiger partial charge in [-0.2, -0.15) is 13.2 Å². The molecule has 0 saturated heterocycles. The Hall–Kier alpha value is -0.320. The van der Waals surface area contributed by atoms with E-state index in [9.17, 15) is 17.6 Å². The van der Waals surface area contributed by atoms with Crippen LogP contribution in [0.3, 0.4) is 0 Å². The first-order chi connectivity index (χ1) is 4.81. The molecule has 0 aliphatic rings. The smallest absolute Gasteiger partial charge is 0.355 e. The van der Waals surface area contributed by atoms with Gasteiger partial charge in [0.1, 0.15) is 0 Å². The van der Waals surface area contributed by atoms with Crippen LogP contribution in [0.25, 0.3) is 0 Å². The molecule has 1 nitrogen and oxygen atoms in total. The third-order valence-corrected chi connectivity index (χ3v) is 1.30. The highest BCUT2D eigenvalue weighted by Gasteiger charge is 2.54. The summed E-state index contributed by atoms with van der Waals surface area (Å²) in [7, 11) is 0. The summed E-state index contributed by atoms with van der Waals surface area (Å²) < 4.78 is 46.8. The number of rotatable bonds is 3. The van der Waals surface area contributed by atoms with Crippen LogP contribution in [0.1, 0.15) is 26.2 Å². The van der Waals surface area contributed by atoms with Crippen LogP contribution in [0.5, 0.6) is 0 Å². The molecule has 0 amide bonds. The summed E-state index contributed by atoms with van der Waals surface area (Å²) in [4.78, 5) is 0. The van der Waals surface area contributed by atoms with Gasteiger partial charge in [0.25, 0.3) is 0 Å². The van der Waals surface area contributed by atoms with E-state index in [1.54, 1.807) is 6.92 Å². The maximum atomic E-state index is 12.2. The number of hydrogen-bond acceptors (Lipinski definition) is 1. The molecule has 0 aromatic rings. The van der Waals surface area contributed by atoms with E-state index in [4.69, 9.17) is 5.11 Å². The van der Waals surface area contributed by atoms with Gasteiger partial charge >= 0.3 is 12.0 Å². The minimum atomic E-state index is -5.16. The second kappa shape index (κ2) is 3.38. The molecule has 0 spiro atoms. The Bertz CT molecular complexity index is 118. The van der Waals surface area contributed by atoms with Crippen molar-refractivity contribution in [3.63, 3.8) is 0 Å². The van der Waals surface area contributed by atoms with Gasteiger partial charge < -0.3 is 5.11 Å². The van der Waals surface area contributed by atoms with Crippen molar-refractivity contribution in [1.82, 2.24) is 0 Å². The Morgan fingerprint density at radius 1 is 1.18 bits per heavy atom. The summed E-state index contributed by atoms with van der Waals surface area (Å²) >= 11 is 0. The summed E-state index contributed by atoms with van der Waals surface area (Å²) in [6, 6.07) is 0. The van der Waals surface area contributed by atoms with Crippen LogP contribution in [-0.2, 0) is 0 Å². The summed E-state index contributed by atoms with van der Waals surface area (Å²) in [6.45, 7) is 1.62. The molecule has 11 heavy (non-hydrogen) atoms. The lowest BCUT2D eigenvalue weighted by Crippen LogP contribution is -2.40. The maximum Gasteiger partial charge on any atom is 0.448 e. The highest BCUT2D eigenvalue weighted by Crippen LogP contribution is 2.35. The zero-order valence-corrected chi connectivity index (χ0v) is 6.08. The van der Waals surface area contributed by atoms with Crippen molar-refractivity contribution in [3.8, 4) is 0 Å². The van der Waals surface area contributed by atoms with E-state index >= 15 is 0 Å². The molecule has 0 bridgehead atoms. The number of halogens is 4. The largest absolute Gasteiger partial charge is 0.448 e. The lowest BCUT2D eigenvalue weighted by molar-refractivity contribution is -0.317. The molecular weight excluding hydrogens is 164 g/mol. The maximum absolute atomic E-state index is 12.2. The van der Waals surface area contributed by atoms with Crippen LogP contribution < -0.4 is 0 Å². The average Bonchev–Trinajstić information content (AvgIpc) is 1.81. The number of unbranched alkanes of at least 4 members (excludes halogenated alkanes) is 1. The van der Waals surface area contributed by atoms with E-state index in [0.717, 1.165) is 0 Å². The number of aliphatic hydroxyl groups is 1. The van der Waals surface area contributed by atoms with Gasteiger partial charge in [-0.25, -0.2) is 4.39 Å². The average molecular weight is 174 g/mol. The van der Waals surface area contributed by atoms with E-state index < -0.39 is 18.5 Å². The van der Waals surface area contributed by atoms with Gasteiger partial charge in [0.05, 0.1) is 0 Å². The quantitative estimate of drug-likeness (QED) is 0.651. The second-order valence-electron chi connectivity index (χ2n) is 2.36. The molecule has 5 heteroatoms. The van der Waals surface area contributed by atoms with Crippen molar-refractivity contribution in [2.75, 3.05) is 0 Å². The Balaban J connectivity index is 4.00. The van der Waals surface area contributed by atoms with Crippen LogP contribution in [-0.4, -0.2) is 17.1 Å². The molecule has 0 aromatic carbocycles. The lowest BCUT2D eigenvalue weighted by Gasteiger charge is -2.21. The second-order valence-corrected chi connectivity index (χ2v) is 2.36. The summed E-state index contributed by atoms with van der Waals surface area (Å²) in [5.74, 6) is -4.01. The zero-order valence-electron chi connectivity index (χ0n) is 6.08. The first kappa shape index (κ1) is 10.7. The van der Waals surface area contributed by atoms with Crippen molar-refractivity contribution < 1.29 is 22.7 Å². The monoisotopic (exact) mass is 174 g/mol. The van der Waals surface area contributed by atoms with Gasteiger partial charge in [0, 0.05) is 6.42 Å². The van der Waals surface area contributed by atoms with Gasteiger partial charge in [0.15, 0.2) is 0 Å². The van der Waals surface area contributed by atoms with E-state index in [2.05, 4.69) is 0 Å². The molecule has 0 aliphatic carbocycles. The first-order valence-corrected chi connectivity index (χ1v) is 3.29. The Labute approximate surface area is 62.0 Å². The molecule has 1 atom stereocenters. The first-order valence-electron chi connectivity index (χ1n) is 3.29. The van der Waals surface area contributed by atoms with Gasteiger partial charge in [-0.3, -0.25) is 0 Å². The molecule has 0 aliphatic heterocycles. The zero-order chi connectivity index (χ0) is 9.12. The minimum absolute atomic E-state index is 0.0203. The number of hydrogen-bond donors (Lipinski definition) is 1. The SMILES string of the molecule is CCCCC(O)(F)C(F)(F)F. The Morgan fingerprint density at radius 2 is 1.64 bits per heavy atom. The predicted octanol–water partition coefficient (Wildman–Crippen LogP) is 2.40. The molecule has 0 fully saturated rings. The molecule has 0 saturated carbocycles. The molecule has 0 radical (unpaired) electrons.